The van der Waals surface area contributed by atoms with Gasteiger partial charge in [0, 0.05) is 24.0 Å². The Kier molecular flexibility index (Phi) is 3.84. The van der Waals surface area contributed by atoms with E-state index < -0.39 is 23.4 Å². The standard InChI is InChI=1S/C12H6BrF3N2O/c13-11-7(2-1-3-17-11)12(19)18-6-4-8(14)10(16)9(15)5-6/h1-5H,(H,18,19). The Morgan fingerprint density at radius 1 is 1.21 bits per heavy atom. The number of pyridine rings is 1. The van der Waals surface area contributed by atoms with Gasteiger partial charge in [0.15, 0.2) is 17.5 Å². The van der Waals surface area contributed by atoms with Crippen molar-refractivity contribution in [1.82, 2.24) is 4.98 Å². The van der Waals surface area contributed by atoms with Crippen molar-refractivity contribution in [2.45, 2.75) is 0 Å². The number of carbonyl (C=O) groups excluding carboxylic acids is 1. The van der Waals surface area contributed by atoms with Crippen LogP contribution in [0.5, 0.6) is 0 Å². The zero-order valence-corrected chi connectivity index (χ0v) is 10.8. The number of rotatable bonds is 2. The van der Waals surface area contributed by atoms with Crippen LogP contribution in [0.25, 0.3) is 0 Å². The molecule has 0 aliphatic carbocycles. The summed E-state index contributed by atoms with van der Waals surface area (Å²) in [6.45, 7) is 0. The minimum absolute atomic E-state index is 0.183. The van der Waals surface area contributed by atoms with Crippen LogP contribution in [0.4, 0.5) is 18.9 Å². The van der Waals surface area contributed by atoms with Crippen LogP contribution < -0.4 is 5.32 Å². The lowest BCUT2D eigenvalue weighted by molar-refractivity contribution is 0.102. The van der Waals surface area contributed by atoms with E-state index in [1.54, 1.807) is 0 Å². The van der Waals surface area contributed by atoms with E-state index in [0.717, 1.165) is 0 Å². The van der Waals surface area contributed by atoms with Crippen LogP contribution in [0.15, 0.2) is 35.1 Å². The summed E-state index contributed by atoms with van der Waals surface area (Å²) in [6, 6.07) is 4.40. The van der Waals surface area contributed by atoms with Crippen molar-refractivity contribution >= 4 is 27.5 Å². The lowest BCUT2D eigenvalue weighted by atomic mass is 10.2. The van der Waals surface area contributed by atoms with Gasteiger partial charge in [-0.15, -0.1) is 0 Å². The fraction of sp³-hybridized carbons (Fsp3) is 0. The molecule has 3 nitrogen and oxygen atoms in total. The molecule has 0 aliphatic rings. The van der Waals surface area contributed by atoms with Gasteiger partial charge in [-0.2, -0.15) is 0 Å². The van der Waals surface area contributed by atoms with Crippen molar-refractivity contribution in [3.63, 3.8) is 0 Å². The highest BCUT2D eigenvalue weighted by molar-refractivity contribution is 9.10. The topological polar surface area (TPSA) is 42.0 Å². The van der Waals surface area contributed by atoms with Gasteiger partial charge in [0.2, 0.25) is 0 Å². The van der Waals surface area contributed by atoms with E-state index in [4.69, 9.17) is 0 Å². The van der Waals surface area contributed by atoms with Crippen LogP contribution in [-0.2, 0) is 0 Å². The van der Waals surface area contributed by atoms with Crippen LogP contribution in [0, 0.1) is 17.5 Å². The summed E-state index contributed by atoms with van der Waals surface area (Å²) in [5.74, 6) is -4.95. The van der Waals surface area contributed by atoms with Gasteiger partial charge >= 0.3 is 0 Å². The Labute approximate surface area is 114 Å². The van der Waals surface area contributed by atoms with Crippen LogP contribution >= 0.6 is 15.9 Å². The average Bonchev–Trinajstić information content (AvgIpc) is 2.36. The zero-order chi connectivity index (χ0) is 14.0. The highest BCUT2D eigenvalue weighted by Gasteiger charge is 2.14. The van der Waals surface area contributed by atoms with Crippen LogP contribution in [-0.4, -0.2) is 10.9 Å². The Balaban J connectivity index is 2.27. The monoisotopic (exact) mass is 330 g/mol. The van der Waals surface area contributed by atoms with Crippen molar-refractivity contribution in [1.29, 1.82) is 0 Å². The summed E-state index contributed by atoms with van der Waals surface area (Å²) in [5, 5.41) is 2.25. The molecule has 0 saturated carbocycles. The van der Waals surface area contributed by atoms with Crippen molar-refractivity contribution in [2.75, 3.05) is 5.32 Å². The lowest BCUT2D eigenvalue weighted by Crippen LogP contribution is -2.13. The number of nitrogens with one attached hydrogen (secondary N) is 1. The predicted molar refractivity (Wildman–Crippen MR) is 66.2 cm³/mol. The summed E-state index contributed by atoms with van der Waals surface area (Å²) in [7, 11) is 0. The van der Waals surface area contributed by atoms with Gasteiger partial charge in [0.05, 0.1) is 5.56 Å². The van der Waals surface area contributed by atoms with Crippen molar-refractivity contribution < 1.29 is 18.0 Å². The number of anilines is 1. The fourth-order valence-corrected chi connectivity index (χ4v) is 1.81. The third kappa shape index (κ3) is 2.93. The molecule has 0 bridgehead atoms. The minimum Gasteiger partial charge on any atom is -0.322 e. The molecule has 1 heterocycles. The summed E-state index contributed by atoms with van der Waals surface area (Å²) in [4.78, 5) is 15.7. The Bertz CT molecular complexity index is 626. The molecule has 1 aromatic heterocycles. The third-order valence-corrected chi connectivity index (χ3v) is 2.88. The van der Waals surface area contributed by atoms with Crippen LogP contribution in [0.3, 0.4) is 0 Å². The maximum atomic E-state index is 13.0. The van der Waals surface area contributed by atoms with Crippen molar-refractivity contribution in [3.05, 3.63) is 58.1 Å². The van der Waals surface area contributed by atoms with Gasteiger partial charge < -0.3 is 5.32 Å². The summed E-state index contributed by atoms with van der Waals surface area (Å²) >= 11 is 3.07. The molecule has 0 aliphatic heterocycles. The first-order chi connectivity index (χ1) is 8.99. The Morgan fingerprint density at radius 3 is 2.42 bits per heavy atom. The van der Waals surface area contributed by atoms with E-state index in [9.17, 15) is 18.0 Å². The van der Waals surface area contributed by atoms with E-state index in [1.807, 2.05) is 0 Å². The van der Waals surface area contributed by atoms with Crippen LogP contribution in [0.1, 0.15) is 10.4 Å². The molecule has 7 heteroatoms. The molecule has 2 aromatic rings. The fourth-order valence-electron chi connectivity index (χ4n) is 1.38. The first-order valence-corrected chi connectivity index (χ1v) is 5.84. The van der Waals surface area contributed by atoms with Gasteiger partial charge in [-0.3, -0.25) is 4.79 Å². The summed E-state index contributed by atoms with van der Waals surface area (Å²) in [5.41, 5.74) is 0.00444. The highest BCUT2D eigenvalue weighted by atomic mass is 79.9. The minimum atomic E-state index is -1.58. The van der Waals surface area contributed by atoms with Gasteiger partial charge in [-0.1, -0.05) is 0 Å². The first-order valence-electron chi connectivity index (χ1n) is 5.05. The van der Waals surface area contributed by atoms with E-state index in [0.29, 0.717) is 12.1 Å². The maximum absolute atomic E-state index is 13.0. The third-order valence-electron chi connectivity index (χ3n) is 2.25. The van der Waals surface area contributed by atoms with Crippen molar-refractivity contribution in [3.8, 4) is 0 Å². The summed E-state index contributed by atoms with van der Waals surface area (Å²) in [6.07, 6.45) is 1.47. The number of halogens is 4. The molecule has 19 heavy (non-hydrogen) atoms. The van der Waals surface area contributed by atoms with E-state index >= 15 is 0 Å². The molecule has 1 amide bonds. The molecule has 0 spiro atoms. The molecule has 0 saturated heterocycles. The normalized spacial score (nSPS) is 10.3. The molecule has 0 radical (unpaired) electrons. The number of benzene rings is 1. The Hall–Kier alpha value is -1.89. The number of nitrogens with zero attached hydrogens (tertiary/aromatic N) is 1. The molecule has 1 N–H and O–H groups in total. The average molecular weight is 331 g/mol. The van der Waals surface area contributed by atoms with E-state index in [2.05, 4.69) is 26.2 Å². The number of aromatic nitrogens is 1. The predicted octanol–water partition coefficient (Wildman–Crippen LogP) is 3.51. The second-order valence-corrected chi connectivity index (χ2v) is 4.30. The molecule has 1 aromatic carbocycles. The smallest absolute Gasteiger partial charge is 0.258 e. The van der Waals surface area contributed by atoms with Gasteiger partial charge in [-0.05, 0) is 28.1 Å². The number of hydrogen-bond acceptors (Lipinski definition) is 2. The molecular weight excluding hydrogens is 325 g/mol. The first kappa shape index (κ1) is 13.5. The van der Waals surface area contributed by atoms with Gasteiger partial charge in [0.25, 0.3) is 5.91 Å². The summed E-state index contributed by atoms with van der Waals surface area (Å²) < 4.78 is 39.0. The molecule has 98 valence electrons. The van der Waals surface area contributed by atoms with E-state index in [-0.39, 0.29) is 15.9 Å². The lowest BCUT2D eigenvalue weighted by Gasteiger charge is -2.07. The quantitative estimate of drug-likeness (QED) is 0.676. The highest BCUT2D eigenvalue weighted by Crippen LogP contribution is 2.19. The second-order valence-electron chi connectivity index (χ2n) is 3.55. The molecule has 0 unspecified atom stereocenters. The second kappa shape index (κ2) is 5.40. The van der Waals surface area contributed by atoms with Gasteiger partial charge in [0.1, 0.15) is 4.60 Å². The number of amides is 1. The molecular formula is C12H6BrF3N2O. The number of carbonyl (C=O) groups is 1. The van der Waals surface area contributed by atoms with E-state index in [1.165, 1.54) is 18.3 Å². The maximum Gasteiger partial charge on any atom is 0.258 e. The molecule has 2 rings (SSSR count). The zero-order valence-electron chi connectivity index (χ0n) is 9.25. The molecule has 0 atom stereocenters. The number of hydrogen-bond donors (Lipinski definition) is 1. The van der Waals surface area contributed by atoms with Crippen molar-refractivity contribution in [2.24, 2.45) is 0 Å². The van der Waals surface area contributed by atoms with Gasteiger partial charge in [-0.25, -0.2) is 18.2 Å². The molecule has 0 fully saturated rings. The SMILES string of the molecule is O=C(Nc1cc(F)c(F)c(F)c1)c1cccnc1Br. The Morgan fingerprint density at radius 2 is 1.84 bits per heavy atom. The van der Waals surface area contributed by atoms with Crippen LogP contribution in [0.2, 0.25) is 0 Å². The largest absolute Gasteiger partial charge is 0.322 e.